The van der Waals surface area contributed by atoms with Crippen molar-refractivity contribution in [3.63, 3.8) is 0 Å². The number of carbonyl (C=O) groups excluding carboxylic acids is 2. The Hall–Kier alpha value is -4.37. The predicted molar refractivity (Wildman–Crippen MR) is 192 cm³/mol. The van der Waals surface area contributed by atoms with E-state index in [4.69, 9.17) is 4.74 Å². The first kappa shape index (κ1) is 36.5. The fourth-order valence-electron chi connectivity index (χ4n) is 5.26. The van der Waals surface area contributed by atoms with Crippen molar-refractivity contribution in [3.8, 4) is 26.9 Å². The number of amides is 1. The Bertz CT molecular complexity index is 1640. The fourth-order valence-corrected chi connectivity index (χ4v) is 6.12. The lowest BCUT2D eigenvalue weighted by molar-refractivity contribution is -0.141. The number of hydrogen-bond acceptors (Lipinski definition) is 7. The zero-order valence-electron chi connectivity index (χ0n) is 28.6. The monoisotopic (exact) mass is 669 g/mol. The van der Waals surface area contributed by atoms with Crippen molar-refractivity contribution in [3.05, 3.63) is 89.5 Å². The summed E-state index contributed by atoms with van der Waals surface area (Å²) in [5, 5.41) is 22.3. The van der Waals surface area contributed by atoms with E-state index in [1.165, 1.54) is 43.9 Å². The molecule has 0 unspecified atom stereocenters. The summed E-state index contributed by atoms with van der Waals surface area (Å²) in [5.41, 5.74) is 4.29. The summed E-state index contributed by atoms with van der Waals surface area (Å²) in [6.45, 7) is 10.7. The van der Waals surface area contributed by atoms with Crippen molar-refractivity contribution in [2.24, 2.45) is 5.92 Å². The van der Waals surface area contributed by atoms with Gasteiger partial charge in [-0.05, 0) is 60.6 Å². The molecule has 3 aromatic carbocycles. The number of benzene rings is 3. The molecule has 1 amide bonds. The molecule has 9 heteroatoms. The molecule has 4 aromatic rings. The standard InChI is InChI=1S/C39H47N3O5S/c1-6-7-8-9-10-23-47-33-21-17-30(18-22-33)37-42-41-36(48-37)29-13-11-27(12-14-29)24-31(35(44)40-26(2)38(45)46)25-34(43)28-15-19-32(20-16-28)39(3,4)5/h11-22,26,31H,6-10,23-25H2,1-5H3,(H,40,44)(H,45,46)/t26-,31-/m1/s1. The number of carboxylic acid groups (broad SMARTS) is 1. The largest absolute Gasteiger partial charge is 0.494 e. The van der Waals surface area contributed by atoms with Gasteiger partial charge in [-0.1, -0.05) is 113 Å². The van der Waals surface area contributed by atoms with E-state index in [-0.39, 0.29) is 24.0 Å². The number of carboxylic acids is 1. The molecule has 0 bridgehead atoms. The second-order valence-electron chi connectivity index (χ2n) is 13.3. The van der Waals surface area contributed by atoms with Gasteiger partial charge in [-0.15, -0.1) is 10.2 Å². The van der Waals surface area contributed by atoms with Gasteiger partial charge in [-0.3, -0.25) is 14.4 Å². The van der Waals surface area contributed by atoms with Crippen LogP contribution in [0.3, 0.4) is 0 Å². The third kappa shape index (κ3) is 10.6. The molecular weight excluding hydrogens is 623 g/mol. The van der Waals surface area contributed by atoms with Gasteiger partial charge in [0.05, 0.1) is 6.61 Å². The average Bonchev–Trinajstić information content (AvgIpc) is 3.56. The Morgan fingerprint density at radius 2 is 1.42 bits per heavy atom. The van der Waals surface area contributed by atoms with E-state index in [1.807, 2.05) is 60.7 Å². The Morgan fingerprint density at radius 3 is 1.98 bits per heavy atom. The van der Waals surface area contributed by atoms with Gasteiger partial charge in [0.15, 0.2) is 5.78 Å². The zero-order chi connectivity index (χ0) is 34.7. The van der Waals surface area contributed by atoms with Crippen molar-refractivity contribution in [2.45, 2.75) is 91.0 Å². The molecule has 2 atom stereocenters. The molecule has 2 N–H and O–H groups in total. The highest BCUT2D eigenvalue weighted by Gasteiger charge is 2.26. The van der Waals surface area contributed by atoms with Crippen LogP contribution in [-0.2, 0) is 21.4 Å². The van der Waals surface area contributed by atoms with Gasteiger partial charge >= 0.3 is 5.97 Å². The lowest BCUT2D eigenvalue weighted by Gasteiger charge is -2.20. The molecule has 4 rings (SSSR count). The first-order chi connectivity index (χ1) is 22.9. The molecule has 0 spiro atoms. The van der Waals surface area contributed by atoms with Crippen LogP contribution >= 0.6 is 11.3 Å². The van der Waals surface area contributed by atoms with E-state index in [0.29, 0.717) is 5.56 Å². The number of carbonyl (C=O) groups is 3. The van der Waals surface area contributed by atoms with Crippen LogP contribution in [0.1, 0.15) is 94.6 Å². The van der Waals surface area contributed by atoms with E-state index in [0.717, 1.165) is 51.0 Å². The summed E-state index contributed by atoms with van der Waals surface area (Å²) in [6, 6.07) is 22.0. The molecule has 254 valence electrons. The number of aliphatic carboxylic acids is 1. The van der Waals surface area contributed by atoms with E-state index >= 15 is 0 Å². The Labute approximate surface area is 288 Å². The van der Waals surface area contributed by atoms with Gasteiger partial charge in [0.1, 0.15) is 21.8 Å². The van der Waals surface area contributed by atoms with Crippen LogP contribution in [0.4, 0.5) is 0 Å². The molecule has 0 fully saturated rings. The van der Waals surface area contributed by atoms with Crippen molar-refractivity contribution in [2.75, 3.05) is 6.61 Å². The fraction of sp³-hybridized carbons (Fsp3) is 0.410. The summed E-state index contributed by atoms with van der Waals surface area (Å²) < 4.78 is 5.89. The van der Waals surface area contributed by atoms with Crippen LogP contribution < -0.4 is 10.1 Å². The van der Waals surface area contributed by atoms with Crippen LogP contribution in [0.15, 0.2) is 72.8 Å². The molecule has 1 aromatic heterocycles. The highest BCUT2D eigenvalue weighted by molar-refractivity contribution is 7.17. The number of nitrogens with one attached hydrogen (secondary N) is 1. The lowest BCUT2D eigenvalue weighted by Crippen LogP contribution is -2.42. The molecule has 0 aliphatic heterocycles. The molecule has 8 nitrogen and oxygen atoms in total. The molecule has 0 saturated heterocycles. The van der Waals surface area contributed by atoms with E-state index < -0.39 is 23.8 Å². The summed E-state index contributed by atoms with van der Waals surface area (Å²) >= 11 is 1.49. The molecule has 0 aliphatic rings. The van der Waals surface area contributed by atoms with Crippen molar-refractivity contribution in [1.82, 2.24) is 15.5 Å². The molecule has 1 heterocycles. The normalized spacial score (nSPS) is 12.7. The van der Waals surface area contributed by atoms with E-state index in [1.54, 1.807) is 12.1 Å². The molecule has 0 saturated carbocycles. The van der Waals surface area contributed by atoms with Crippen LogP contribution in [-0.4, -0.2) is 45.6 Å². The summed E-state index contributed by atoms with van der Waals surface area (Å²) in [7, 11) is 0. The minimum atomic E-state index is -1.13. The highest BCUT2D eigenvalue weighted by atomic mass is 32.1. The number of hydrogen-bond donors (Lipinski definition) is 2. The minimum absolute atomic E-state index is 0.0443. The number of nitrogens with zero attached hydrogens (tertiary/aromatic N) is 2. The van der Waals surface area contributed by atoms with Crippen molar-refractivity contribution < 1.29 is 24.2 Å². The second kappa shape index (κ2) is 17.2. The number of unbranched alkanes of at least 4 members (excludes halogenated alkanes) is 4. The van der Waals surface area contributed by atoms with Gasteiger partial charge in [0.25, 0.3) is 0 Å². The third-order valence-corrected chi connectivity index (χ3v) is 9.35. The SMILES string of the molecule is CCCCCCCOc1ccc(-c2nnc(-c3ccc(C[C@H](CC(=O)c4ccc(C(C)(C)C)cc4)C(=O)N[C@H](C)C(=O)O)cc3)s2)cc1. The molecular formula is C39H47N3O5S. The number of ketones is 1. The minimum Gasteiger partial charge on any atom is -0.494 e. The van der Waals surface area contributed by atoms with Crippen LogP contribution in [0, 0.1) is 5.92 Å². The maximum absolute atomic E-state index is 13.3. The van der Waals surface area contributed by atoms with E-state index in [2.05, 4.69) is 43.2 Å². The van der Waals surface area contributed by atoms with Crippen LogP contribution in [0.25, 0.3) is 21.1 Å². The highest BCUT2D eigenvalue weighted by Crippen LogP contribution is 2.31. The predicted octanol–water partition coefficient (Wildman–Crippen LogP) is 8.54. The number of ether oxygens (including phenoxy) is 1. The van der Waals surface area contributed by atoms with Gasteiger partial charge in [-0.25, -0.2) is 0 Å². The first-order valence-electron chi connectivity index (χ1n) is 16.8. The maximum Gasteiger partial charge on any atom is 0.325 e. The molecule has 48 heavy (non-hydrogen) atoms. The summed E-state index contributed by atoms with van der Waals surface area (Å²) in [4.78, 5) is 37.9. The second-order valence-corrected chi connectivity index (χ2v) is 14.3. The van der Waals surface area contributed by atoms with Crippen LogP contribution in [0.5, 0.6) is 5.75 Å². The zero-order valence-corrected chi connectivity index (χ0v) is 29.4. The van der Waals surface area contributed by atoms with E-state index in [9.17, 15) is 19.5 Å². The van der Waals surface area contributed by atoms with Crippen LogP contribution in [0.2, 0.25) is 0 Å². The number of rotatable bonds is 17. The first-order valence-corrected chi connectivity index (χ1v) is 17.6. The summed E-state index contributed by atoms with van der Waals surface area (Å²) in [6.07, 6.45) is 6.23. The topological polar surface area (TPSA) is 118 Å². The number of aromatic nitrogens is 2. The Kier molecular flexibility index (Phi) is 13.0. The molecule has 0 aliphatic carbocycles. The van der Waals surface area contributed by atoms with Gasteiger partial charge in [0, 0.05) is 29.0 Å². The van der Waals surface area contributed by atoms with Crippen molar-refractivity contribution >= 4 is 29.0 Å². The van der Waals surface area contributed by atoms with Crippen molar-refractivity contribution in [1.29, 1.82) is 0 Å². The van der Waals surface area contributed by atoms with Gasteiger partial charge in [-0.2, -0.15) is 0 Å². The number of Topliss-reactive ketones (excluding diaryl/α,β-unsaturated/α-hetero) is 1. The smallest absolute Gasteiger partial charge is 0.325 e. The average molecular weight is 670 g/mol. The third-order valence-electron chi connectivity index (χ3n) is 8.33. The quantitative estimate of drug-likeness (QED) is 0.0854. The summed E-state index contributed by atoms with van der Waals surface area (Å²) in [5.74, 6) is -1.67. The Morgan fingerprint density at radius 1 is 0.833 bits per heavy atom. The van der Waals surface area contributed by atoms with Gasteiger partial charge < -0.3 is 15.2 Å². The molecule has 0 radical (unpaired) electrons. The lowest BCUT2D eigenvalue weighted by atomic mass is 9.85. The Balaban J connectivity index is 1.41. The maximum atomic E-state index is 13.3. The van der Waals surface area contributed by atoms with Gasteiger partial charge in [0.2, 0.25) is 5.91 Å².